The molecule has 0 heterocycles. The van der Waals surface area contributed by atoms with Crippen LogP contribution >= 0.6 is 0 Å². The van der Waals surface area contributed by atoms with E-state index in [2.05, 4.69) is 13.8 Å². The number of aliphatic hydroxyl groups is 1. The molecule has 1 N–H and O–H groups in total. The lowest BCUT2D eigenvalue weighted by Gasteiger charge is -2.02. The van der Waals surface area contributed by atoms with Crippen molar-refractivity contribution in [2.75, 3.05) is 13.2 Å². The molecule has 0 saturated carbocycles. The average Bonchev–Trinajstić information content (AvgIpc) is 1.66. The third-order valence-corrected chi connectivity index (χ3v) is 0.644. The molecule has 0 aliphatic rings. The standard InChI is InChI=1S/C6H13O2/c1-6(2)5-8-4-3-7/h3,6-7H,4-5H2,1-2H3. The summed E-state index contributed by atoms with van der Waals surface area (Å²) in [5.74, 6) is 0.551. The van der Waals surface area contributed by atoms with Gasteiger partial charge in [0.05, 0.1) is 6.61 Å². The van der Waals surface area contributed by atoms with Crippen LogP contribution in [0.3, 0.4) is 0 Å². The van der Waals surface area contributed by atoms with E-state index in [1.54, 1.807) is 0 Å². The molecule has 0 unspecified atom stereocenters. The fourth-order valence-electron chi connectivity index (χ4n) is 0.356. The third-order valence-electron chi connectivity index (χ3n) is 0.644. The minimum atomic E-state index is 0.345. The van der Waals surface area contributed by atoms with Gasteiger partial charge >= 0.3 is 0 Å². The summed E-state index contributed by atoms with van der Waals surface area (Å²) in [4.78, 5) is 0. The van der Waals surface area contributed by atoms with E-state index in [1.165, 1.54) is 0 Å². The van der Waals surface area contributed by atoms with Crippen molar-refractivity contribution in [1.29, 1.82) is 0 Å². The Hall–Kier alpha value is -0.0800. The van der Waals surface area contributed by atoms with Crippen LogP contribution in [0.2, 0.25) is 0 Å². The molecule has 1 radical (unpaired) electrons. The summed E-state index contributed by atoms with van der Waals surface area (Å²) in [6.07, 6.45) is 0. The molecule has 2 nitrogen and oxygen atoms in total. The second-order valence-electron chi connectivity index (χ2n) is 2.11. The molecule has 0 aromatic rings. The summed E-state index contributed by atoms with van der Waals surface area (Å²) < 4.78 is 4.94. The van der Waals surface area contributed by atoms with E-state index in [9.17, 15) is 0 Å². The van der Waals surface area contributed by atoms with E-state index in [-0.39, 0.29) is 0 Å². The third kappa shape index (κ3) is 5.92. The van der Waals surface area contributed by atoms with Crippen LogP contribution in [0.15, 0.2) is 0 Å². The predicted molar refractivity (Wildman–Crippen MR) is 31.9 cm³/mol. The summed E-state index contributed by atoms with van der Waals surface area (Å²) in [7, 11) is 0. The lowest BCUT2D eigenvalue weighted by Crippen LogP contribution is -2.02. The Kier molecular flexibility index (Phi) is 5.01. The molecule has 0 rings (SSSR count). The predicted octanol–water partition coefficient (Wildman–Crippen LogP) is 1.19. The van der Waals surface area contributed by atoms with E-state index in [0.29, 0.717) is 12.5 Å². The van der Waals surface area contributed by atoms with Gasteiger partial charge in [0.15, 0.2) is 0 Å². The summed E-state index contributed by atoms with van der Waals surface area (Å²) in [6, 6.07) is 0. The first-order valence-electron chi connectivity index (χ1n) is 2.81. The maximum Gasteiger partial charge on any atom is 0.105 e. The highest BCUT2D eigenvalue weighted by atomic mass is 16.5. The van der Waals surface area contributed by atoms with E-state index < -0.39 is 0 Å². The smallest absolute Gasteiger partial charge is 0.105 e. The molecule has 0 aliphatic heterocycles. The molecule has 0 saturated heterocycles. The maximum absolute atomic E-state index is 8.13. The lowest BCUT2D eigenvalue weighted by atomic mass is 10.2. The van der Waals surface area contributed by atoms with Gasteiger partial charge in [-0.3, -0.25) is 0 Å². The maximum atomic E-state index is 8.13. The van der Waals surface area contributed by atoms with Gasteiger partial charge in [-0.05, 0) is 5.92 Å². The minimum absolute atomic E-state index is 0.345. The highest BCUT2D eigenvalue weighted by Crippen LogP contribution is 1.91. The summed E-state index contributed by atoms with van der Waals surface area (Å²) >= 11 is 0. The highest BCUT2D eigenvalue weighted by molar-refractivity contribution is 4.43. The fraction of sp³-hybridized carbons (Fsp3) is 0.833. The summed E-state index contributed by atoms with van der Waals surface area (Å²) in [6.45, 7) is 6.21. The molecule has 49 valence electrons. The number of hydrogen-bond acceptors (Lipinski definition) is 2. The van der Waals surface area contributed by atoms with Crippen molar-refractivity contribution in [1.82, 2.24) is 0 Å². The topological polar surface area (TPSA) is 29.5 Å². The Labute approximate surface area is 50.5 Å². The number of rotatable bonds is 4. The van der Waals surface area contributed by atoms with Crippen molar-refractivity contribution in [2.45, 2.75) is 13.8 Å². The van der Waals surface area contributed by atoms with Crippen LogP contribution in [-0.4, -0.2) is 18.3 Å². The van der Waals surface area contributed by atoms with Crippen LogP contribution in [0, 0.1) is 12.5 Å². The van der Waals surface area contributed by atoms with E-state index in [4.69, 9.17) is 9.84 Å². The van der Waals surface area contributed by atoms with Gasteiger partial charge in [-0.15, -0.1) is 0 Å². The first kappa shape index (κ1) is 7.92. The molecular weight excluding hydrogens is 104 g/mol. The highest BCUT2D eigenvalue weighted by Gasteiger charge is 1.90. The van der Waals surface area contributed by atoms with E-state index in [1.807, 2.05) is 0 Å². The molecule has 0 amide bonds. The summed E-state index contributed by atoms with van der Waals surface area (Å²) in [5, 5.41) is 8.13. The molecule has 2 heteroatoms. The number of ether oxygens (including phenoxy) is 1. The molecule has 0 aromatic carbocycles. The first-order valence-corrected chi connectivity index (χ1v) is 2.81. The molecule has 0 fully saturated rings. The van der Waals surface area contributed by atoms with Crippen LogP contribution in [0.5, 0.6) is 0 Å². The molecular formula is C6H13O2. The van der Waals surface area contributed by atoms with Gasteiger partial charge in [-0.25, -0.2) is 0 Å². The second-order valence-corrected chi connectivity index (χ2v) is 2.11. The normalized spacial score (nSPS) is 10.5. The molecule has 0 bridgehead atoms. The fourth-order valence-corrected chi connectivity index (χ4v) is 0.356. The van der Waals surface area contributed by atoms with Gasteiger partial charge in [0, 0.05) is 6.61 Å². The van der Waals surface area contributed by atoms with Crippen molar-refractivity contribution in [3.8, 4) is 0 Å². The second kappa shape index (κ2) is 5.06. The van der Waals surface area contributed by atoms with Gasteiger partial charge < -0.3 is 9.84 Å². The summed E-state index contributed by atoms with van der Waals surface area (Å²) in [5.41, 5.74) is 0. The zero-order valence-corrected chi connectivity index (χ0v) is 5.42. The van der Waals surface area contributed by atoms with Crippen molar-refractivity contribution in [2.24, 2.45) is 5.92 Å². The largest absolute Gasteiger partial charge is 0.388 e. The zero-order chi connectivity index (χ0) is 6.41. The van der Waals surface area contributed by atoms with Crippen LogP contribution in [0.4, 0.5) is 0 Å². The van der Waals surface area contributed by atoms with Crippen molar-refractivity contribution in [3.05, 3.63) is 6.61 Å². The Morgan fingerprint density at radius 1 is 1.62 bits per heavy atom. The molecule has 0 aromatic heterocycles. The van der Waals surface area contributed by atoms with Crippen LogP contribution in [0.25, 0.3) is 0 Å². The Morgan fingerprint density at radius 2 is 2.25 bits per heavy atom. The van der Waals surface area contributed by atoms with E-state index in [0.717, 1.165) is 13.2 Å². The zero-order valence-electron chi connectivity index (χ0n) is 5.42. The quantitative estimate of drug-likeness (QED) is 0.560. The molecule has 0 spiro atoms. The number of hydrogen-bond donors (Lipinski definition) is 1. The lowest BCUT2D eigenvalue weighted by molar-refractivity contribution is 0.102. The SMILES string of the molecule is CC(C)COC[CH]O. The molecule has 0 aliphatic carbocycles. The monoisotopic (exact) mass is 117 g/mol. The van der Waals surface area contributed by atoms with Crippen molar-refractivity contribution in [3.63, 3.8) is 0 Å². The van der Waals surface area contributed by atoms with E-state index >= 15 is 0 Å². The van der Waals surface area contributed by atoms with Crippen molar-refractivity contribution < 1.29 is 9.84 Å². The van der Waals surface area contributed by atoms with Crippen LogP contribution in [-0.2, 0) is 4.74 Å². The first-order chi connectivity index (χ1) is 3.77. The van der Waals surface area contributed by atoms with Crippen molar-refractivity contribution >= 4 is 0 Å². The van der Waals surface area contributed by atoms with Crippen LogP contribution in [0.1, 0.15) is 13.8 Å². The minimum Gasteiger partial charge on any atom is -0.388 e. The Bertz CT molecular complexity index is 43.8. The number of aliphatic hydroxyl groups excluding tert-OH is 1. The Balaban J connectivity index is 2.72. The Morgan fingerprint density at radius 3 is 2.62 bits per heavy atom. The van der Waals surface area contributed by atoms with Gasteiger partial charge in [-0.1, -0.05) is 13.8 Å². The van der Waals surface area contributed by atoms with Gasteiger partial charge in [-0.2, -0.15) is 0 Å². The molecule has 0 atom stereocenters. The average molecular weight is 117 g/mol. The van der Waals surface area contributed by atoms with Gasteiger partial charge in [0.2, 0.25) is 0 Å². The van der Waals surface area contributed by atoms with Gasteiger partial charge in [0.1, 0.15) is 6.61 Å². The molecule has 8 heavy (non-hydrogen) atoms. The van der Waals surface area contributed by atoms with Gasteiger partial charge in [0.25, 0.3) is 0 Å². The van der Waals surface area contributed by atoms with Crippen LogP contribution < -0.4 is 0 Å².